The first-order valence-corrected chi connectivity index (χ1v) is 11.2. The van der Waals surface area contributed by atoms with E-state index in [1.165, 1.54) is 6.07 Å². The lowest BCUT2D eigenvalue weighted by molar-refractivity contribution is 0.559. The summed E-state index contributed by atoms with van der Waals surface area (Å²) in [6, 6.07) is 15.9. The lowest BCUT2D eigenvalue weighted by Gasteiger charge is -2.26. The smallest absolute Gasteiger partial charge is 0.266 e. The fraction of sp³-hybridized carbons (Fsp3) is 0.154. The Labute approximate surface area is 197 Å². The van der Waals surface area contributed by atoms with Crippen molar-refractivity contribution < 1.29 is 8.78 Å². The van der Waals surface area contributed by atoms with Gasteiger partial charge in [-0.15, -0.1) is 5.10 Å². The number of nitrogens with one attached hydrogen (secondary N) is 1. The van der Waals surface area contributed by atoms with E-state index < -0.39 is 17.2 Å². The van der Waals surface area contributed by atoms with E-state index in [1.54, 1.807) is 16.8 Å². The number of anilines is 1. The Kier molecular flexibility index (Phi) is 4.81. The van der Waals surface area contributed by atoms with Gasteiger partial charge >= 0.3 is 0 Å². The van der Waals surface area contributed by atoms with Gasteiger partial charge in [0.1, 0.15) is 29.1 Å². The molecule has 1 unspecified atom stereocenters. The number of imidazole rings is 1. The van der Waals surface area contributed by atoms with E-state index in [2.05, 4.69) is 9.97 Å². The first-order valence-electron chi connectivity index (χ1n) is 11.2. The van der Waals surface area contributed by atoms with Gasteiger partial charge in [-0.2, -0.15) is 5.26 Å². The van der Waals surface area contributed by atoms with Crippen LogP contribution in [0, 0.1) is 23.0 Å². The van der Waals surface area contributed by atoms with Gasteiger partial charge in [-0.1, -0.05) is 12.1 Å². The van der Waals surface area contributed by atoms with Gasteiger partial charge in [-0.25, -0.2) is 18.3 Å². The van der Waals surface area contributed by atoms with Crippen LogP contribution in [0.5, 0.6) is 0 Å². The fourth-order valence-electron chi connectivity index (χ4n) is 4.79. The summed E-state index contributed by atoms with van der Waals surface area (Å²) in [7, 11) is 0. The van der Waals surface area contributed by atoms with Crippen molar-refractivity contribution in [3.8, 4) is 17.3 Å². The molecule has 0 radical (unpaired) electrons. The van der Waals surface area contributed by atoms with Crippen LogP contribution in [0.1, 0.15) is 30.0 Å². The summed E-state index contributed by atoms with van der Waals surface area (Å²) < 4.78 is 30.1. The molecule has 3 aromatic heterocycles. The quantitative estimate of drug-likeness (QED) is 0.414. The van der Waals surface area contributed by atoms with Crippen LogP contribution >= 0.6 is 0 Å². The number of pyridine rings is 1. The molecule has 35 heavy (non-hydrogen) atoms. The van der Waals surface area contributed by atoms with Gasteiger partial charge in [0.2, 0.25) is 0 Å². The van der Waals surface area contributed by atoms with Crippen molar-refractivity contribution >= 4 is 22.4 Å². The Bertz CT molecular complexity index is 1720. The fourth-order valence-corrected chi connectivity index (χ4v) is 4.79. The van der Waals surface area contributed by atoms with E-state index in [9.17, 15) is 13.6 Å². The molecule has 172 valence electrons. The zero-order valence-corrected chi connectivity index (χ0v) is 18.4. The van der Waals surface area contributed by atoms with Crippen molar-refractivity contribution in [3.05, 3.63) is 93.9 Å². The van der Waals surface area contributed by atoms with E-state index in [-0.39, 0.29) is 11.6 Å². The molecule has 0 amide bonds. The summed E-state index contributed by atoms with van der Waals surface area (Å²) >= 11 is 0. The third-order valence-electron chi connectivity index (χ3n) is 6.47. The monoisotopic (exact) mass is 468 g/mol. The number of nitrogens with zero attached hydrogens (tertiary/aromatic N) is 5. The molecule has 4 heterocycles. The average Bonchev–Trinajstić information content (AvgIpc) is 3.51. The largest absolute Gasteiger partial charge is 0.348 e. The summed E-state index contributed by atoms with van der Waals surface area (Å²) in [6.07, 6.45) is 3.22. The van der Waals surface area contributed by atoms with Crippen LogP contribution in [-0.4, -0.2) is 26.1 Å². The summed E-state index contributed by atoms with van der Waals surface area (Å²) in [6.45, 7) is 0.668. The predicted octanol–water partition coefficient (Wildman–Crippen LogP) is 4.73. The highest BCUT2D eigenvalue weighted by molar-refractivity contribution is 5.84. The van der Waals surface area contributed by atoms with Crippen LogP contribution in [0.25, 0.3) is 27.8 Å². The predicted molar refractivity (Wildman–Crippen MR) is 127 cm³/mol. The molecule has 1 N–H and O–H groups in total. The highest BCUT2D eigenvalue weighted by Gasteiger charge is 2.30. The molecular weight excluding hydrogens is 450 g/mol. The summed E-state index contributed by atoms with van der Waals surface area (Å²) in [5.74, 6) is -0.266. The number of hydrogen-bond acceptors (Lipinski definition) is 5. The number of benzene rings is 2. The maximum atomic E-state index is 14.5. The van der Waals surface area contributed by atoms with Gasteiger partial charge < -0.3 is 9.88 Å². The van der Waals surface area contributed by atoms with Crippen LogP contribution in [0.4, 0.5) is 14.6 Å². The van der Waals surface area contributed by atoms with Gasteiger partial charge in [-0.05, 0) is 60.7 Å². The minimum Gasteiger partial charge on any atom is -0.348 e. The van der Waals surface area contributed by atoms with Gasteiger partial charge in [-0.3, -0.25) is 4.79 Å². The van der Waals surface area contributed by atoms with Crippen molar-refractivity contribution in [2.24, 2.45) is 0 Å². The topological polar surface area (TPSA) is 90.1 Å². The molecule has 0 aliphatic carbocycles. The summed E-state index contributed by atoms with van der Waals surface area (Å²) in [5, 5.41) is 14.6. The summed E-state index contributed by atoms with van der Waals surface area (Å²) in [4.78, 5) is 21.3. The molecule has 9 heteroatoms. The molecule has 0 saturated carbocycles. The third kappa shape index (κ3) is 3.51. The minimum absolute atomic E-state index is 0.0567. The number of aromatic nitrogens is 4. The Hall–Kier alpha value is -4.58. The molecule has 6 rings (SSSR count). The van der Waals surface area contributed by atoms with Gasteiger partial charge in [0, 0.05) is 23.2 Å². The second-order valence-corrected chi connectivity index (χ2v) is 8.55. The molecule has 5 aromatic rings. The molecule has 1 saturated heterocycles. The molecule has 0 bridgehead atoms. The Morgan fingerprint density at radius 1 is 1.09 bits per heavy atom. The number of hydrogen-bond donors (Lipinski definition) is 1. The number of nitriles is 1. The van der Waals surface area contributed by atoms with Crippen LogP contribution in [0.15, 0.2) is 65.6 Å². The van der Waals surface area contributed by atoms with Crippen molar-refractivity contribution in [2.75, 3.05) is 11.4 Å². The minimum atomic E-state index is -0.468. The molecule has 1 aliphatic rings. The zero-order valence-electron chi connectivity index (χ0n) is 18.4. The van der Waals surface area contributed by atoms with Crippen molar-refractivity contribution in [1.29, 1.82) is 5.26 Å². The molecule has 1 atom stereocenters. The molecule has 7 nitrogen and oxygen atoms in total. The van der Waals surface area contributed by atoms with Crippen LogP contribution in [0.3, 0.4) is 0 Å². The molecule has 1 aliphatic heterocycles. The Balaban J connectivity index is 1.43. The molecule has 0 spiro atoms. The van der Waals surface area contributed by atoms with E-state index >= 15 is 0 Å². The standard InChI is InChI=1S/C26H18F2N6O/c27-18-5-6-20(28)19(12-18)22-2-1-9-33(22)25-8-7-24-30-14-23(34(24)32-25)16-4-3-15-10-17(13-29)26(35)31-21(15)11-16/h3-8,10-12,14,22H,1-2,9H2,(H,31,35). The lowest BCUT2D eigenvalue weighted by atomic mass is 10.0. The van der Waals surface area contributed by atoms with Gasteiger partial charge in [0.15, 0.2) is 5.65 Å². The second-order valence-electron chi connectivity index (χ2n) is 8.55. The molecule has 1 fully saturated rings. The highest BCUT2D eigenvalue weighted by atomic mass is 19.1. The first-order chi connectivity index (χ1) is 17.0. The number of aromatic amines is 1. The number of halogens is 2. The number of rotatable bonds is 3. The second kappa shape index (κ2) is 8.02. The maximum Gasteiger partial charge on any atom is 0.266 e. The summed E-state index contributed by atoms with van der Waals surface area (Å²) in [5.41, 5.74) is 2.65. The van der Waals surface area contributed by atoms with Crippen LogP contribution < -0.4 is 10.5 Å². The van der Waals surface area contributed by atoms with Gasteiger partial charge in [0.25, 0.3) is 5.56 Å². The zero-order chi connectivity index (χ0) is 24.1. The van der Waals surface area contributed by atoms with Gasteiger partial charge in [0.05, 0.1) is 17.9 Å². The average molecular weight is 468 g/mol. The first kappa shape index (κ1) is 21.0. The highest BCUT2D eigenvalue weighted by Crippen LogP contribution is 2.37. The molecule has 2 aromatic carbocycles. The van der Waals surface area contributed by atoms with Crippen molar-refractivity contribution in [3.63, 3.8) is 0 Å². The Morgan fingerprint density at radius 2 is 1.97 bits per heavy atom. The number of H-pyrrole nitrogens is 1. The lowest BCUT2D eigenvalue weighted by Crippen LogP contribution is -2.25. The van der Waals surface area contributed by atoms with E-state index in [1.807, 2.05) is 41.3 Å². The third-order valence-corrected chi connectivity index (χ3v) is 6.47. The van der Waals surface area contributed by atoms with Crippen LogP contribution in [0.2, 0.25) is 0 Å². The SMILES string of the molecule is N#Cc1cc2ccc(-c3cnc4ccc(N5CCCC5c5cc(F)ccc5F)nn34)cc2[nH]c1=O. The van der Waals surface area contributed by atoms with Crippen molar-refractivity contribution in [2.45, 2.75) is 18.9 Å². The number of fused-ring (bicyclic) bond motifs is 2. The molecular formula is C26H18F2N6O. The van der Waals surface area contributed by atoms with E-state index in [0.29, 0.717) is 41.2 Å². The van der Waals surface area contributed by atoms with Crippen molar-refractivity contribution in [1.82, 2.24) is 19.6 Å². The van der Waals surface area contributed by atoms with E-state index in [4.69, 9.17) is 10.4 Å². The Morgan fingerprint density at radius 3 is 2.83 bits per heavy atom. The maximum absolute atomic E-state index is 14.5. The van der Waals surface area contributed by atoms with E-state index in [0.717, 1.165) is 29.5 Å². The van der Waals surface area contributed by atoms with Crippen LogP contribution in [-0.2, 0) is 0 Å². The normalized spacial score (nSPS) is 15.7.